The first-order chi connectivity index (χ1) is 39.7. The van der Waals surface area contributed by atoms with Gasteiger partial charge in [0.05, 0.1) is 49.7 Å². The predicted molar refractivity (Wildman–Crippen MR) is 288 cm³/mol. The van der Waals surface area contributed by atoms with Crippen LogP contribution in [0.25, 0.3) is 0 Å². The van der Waals surface area contributed by atoms with Crippen molar-refractivity contribution >= 4 is 5.97 Å². The summed E-state index contributed by atoms with van der Waals surface area (Å²) in [6.45, 7) is 16.2. The Kier molecular flexibility index (Phi) is 18.7. The molecule has 488 valence electrons. The van der Waals surface area contributed by atoms with E-state index in [1.807, 2.05) is 13.8 Å². The smallest absolute Gasteiger partial charge is 0.315 e. The van der Waals surface area contributed by atoms with Crippen LogP contribution in [0.5, 0.6) is 0 Å². The molecule has 5 saturated heterocycles. The highest BCUT2D eigenvalue weighted by atomic mass is 16.8. The second kappa shape index (κ2) is 24.1. The van der Waals surface area contributed by atoms with E-state index in [1.165, 1.54) is 13.8 Å². The standard InChI is InChI=1S/C59H96O26/c1-23-33(63)37(67)41(71)48(77-23)83-45-40(70)36(66)28(21-61)80-52(45)85-53(75)59-18-16-54(3,4)47(74)32(59)25-10-11-30-56(7)14-13-31(55(5,6)29(56)12-15-58(30,9)57(25,8)17-19-59)81-51-46(84-49-42(72)38(68)34(64)24(2)78-49)44(26(62)22-76-51)82-50-43(73)39(69)35(65)27(20-60)79-50/h10,23-24,26-52,60-74H,11-22H2,1-9H3. The Labute approximate surface area is 494 Å². The molecule has 0 bridgehead atoms. The van der Waals surface area contributed by atoms with E-state index in [0.717, 1.165) is 18.4 Å². The quantitative estimate of drug-likeness (QED) is 0.0544. The number of allylic oxidation sites excluding steroid dienone is 1. The van der Waals surface area contributed by atoms with E-state index in [9.17, 15) is 76.6 Å². The van der Waals surface area contributed by atoms with Gasteiger partial charge in [0.25, 0.3) is 0 Å². The second-order valence-electron chi connectivity index (χ2n) is 28.6. The molecular formula is C59H96O26. The molecule has 0 radical (unpaired) electrons. The second-order valence-corrected chi connectivity index (χ2v) is 28.6. The summed E-state index contributed by atoms with van der Waals surface area (Å²) in [6.07, 6.45) is -32.7. The van der Waals surface area contributed by atoms with Gasteiger partial charge >= 0.3 is 5.97 Å². The number of hydrogen-bond acceptors (Lipinski definition) is 26. The van der Waals surface area contributed by atoms with Gasteiger partial charge in [-0.25, -0.2) is 0 Å². The highest BCUT2D eigenvalue weighted by Crippen LogP contribution is 2.76. The Balaban J connectivity index is 0.914. The monoisotopic (exact) mass is 1220 g/mol. The maximum Gasteiger partial charge on any atom is 0.315 e. The van der Waals surface area contributed by atoms with Crippen LogP contribution in [0.15, 0.2) is 11.6 Å². The van der Waals surface area contributed by atoms with Crippen molar-refractivity contribution in [3.63, 3.8) is 0 Å². The van der Waals surface area contributed by atoms with Crippen molar-refractivity contribution in [1.82, 2.24) is 0 Å². The van der Waals surface area contributed by atoms with E-state index in [-0.39, 0.29) is 29.3 Å². The van der Waals surface area contributed by atoms with Crippen LogP contribution in [0.3, 0.4) is 0 Å². The fraction of sp³-hybridized carbons (Fsp3) is 0.949. The summed E-state index contributed by atoms with van der Waals surface area (Å²) in [4.78, 5) is 15.4. The molecule has 85 heavy (non-hydrogen) atoms. The Morgan fingerprint density at radius 2 is 1.05 bits per heavy atom. The molecule has 33 unspecified atom stereocenters. The number of ether oxygens (including phenoxy) is 10. The van der Waals surface area contributed by atoms with E-state index in [1.54, 1.807) is 0 Å². The highest BCUT2D eigenvalue weighted by molar-refractivity contribution is 5.79. The lowest BCUT2D eigenvalue weighted by molar-refractivity contribution is -0.388. The zero-order valence-corrected chi connectivity index (χ0v) is 50.0. The fourth-order valence-electron chi connectivity index (χ4n) is 17.6. The molecule has 0 aromatic carbocycles. The number of fused-ring (bicyclic) bond motifs is 7. The molecule has 0 amide bonds. The normalized spacial score (nSPS) is 55.0. The SMILES string of the molecule is CC1OC(OC2C(OC(=O)C34CCC(C)(C)C(O)C3C3=CCC5C6(C)CCC(OC7OCC(O)C(OC8OC(CO)C(O)C(O)C8O)C7OC7OC(C)C(O)C(O)C7O)C(C)(C)C6CCC5(C)C3(C)CC4)OC(CO)C(O)C2O)C(O)C(O)C1O. The van der Waals surface area contributed by atoms with Crippen LogP contribution >= 0.6 is 0 Å². The van der Waals surface area contributed by atoms with Crippen LogP contribution in [0.1, 0.15) is 120 Å². The van der Waals surface area contributed by atoms with E-state index in [0.29, 0.717) is 44.9 Å². The zero-order chi connectivity index (χ0) is 62.2. The molecule has 26 nitrogen and oxygen atoms in total. The number of carbonyl (C=O) groups excluding carboxylic acids is 1. The van der Waals surface area contributed by atoms with Crippen LogP contribution in [-0.2, 0) is 52.2 Å². The molecule has 0 aromatic rings. The Morgan fingerprint density at radius 1 is 0.529 bits per heavy atom. The third-order valence-electron chi connectivity index (χ3n) is 23.3. The van der Waals surface area contributed by atoms with Gasteiger partial charge < -0.3 is 124 Å². The van der Waals surface area contributed by atoms with Crippen molar-refractivity contribution in [2.75, 3.05) is 19.8 Å². The first-order valence-electron chi connectivity index (χ1n) is 30.6. The molecule has 15 N–H and O–H groups in total. The topological polar surface area (TPSA) is 413 Å². The Bertz CT molecular complexity index is 2380. The molecule has 33 atom stereocenters. The van der Waals surface area contributed by atoms with Gasteiger partial charge in [-0.05, 0) is 111 Å². The van der Waals surface area contributed by atoms with Crippen LogP contribution in [0.4, 0.5) is 0 Å². The summed E-state index contributed by atoms with van der Waals surface area (Å²) in [7, 11) is 0. The summed E-state index contributed by atoms with van der Waals surface area (Å²) in [5.41, 5.74) is -2.86. The van der Waals surface area contributed by atoms with E-state index in [4.69, 9.17) is 47.4 Å². The lowest BCUT2D eigenvalue weighted by Gasteiger charge is -2.71. The molecule has 0 spiro atoms. The van der Waals surface area contributed by atoms with Gasteiger partial charge in [0, 0.05) is 5.92 Å². The third-order valence-corrected chi connectivity index (χ3v) is 23.3. The Morgan fingerprint density at radius 3 is 1.64 bits per heavy atom. The van der Waals surface area contributed by atoms with Crippen molar-refractivity contribution in [2.45, 2.75) is 280 Å². The predicted octanol–water partition coefficient (Wildman–Crippen LogP) is -2.55. The van der Waals surface area contributed by atoms with Crippen molar-refractivity contribution in [3.8, 4) is 0 Å². The van der Waals surface area contributed by atoms with Gasteiger partial charge in [0.1, 0.15) is 97.7 Å². The van der Waals surface area contributed by atoms with E-state index >= 15 is 4.79 Å². The summed E-state index contributed by atoms with van der Waals surface area (Å²) >= 11 is 0. The van der Waals surface area contributed by atoms with Gasteiger partial charge in [-0.15, -0.1) is 0 Å². The molecule has 4 saturated carbocycles. The number of esters is 1. The minimum absolute atomic E-state index is 0.0295. The van der Waals surface area contributed by atoms with Gasteiger partial charge in [-0.1, -0.05) is 60.1 Å². The van der Waals surface area contributed by atoms with Crippen molar-refractivity contribution in [1.29, 1.82) is 0 Å². The van der Waals surface area contributed by atoms with Gasteiger partial charge in [0.15, 0.2) is 31.3 Å². The first kappa shape index (κ1) is 66.2. The summed E-state index contributed by atoms with van der Waals surface area (Å²) in [6, 6.07) is 0. The van der Waals surface area contributed by atoms with Gasteiger partial charge in [0.2, 0.25) is 6.29 Å². The molecular weight excluding hydrogens is 1120 g/mol. The number of hydrogen-bond donors (Lipinski definition) is 15. The minimum atomic E-state index is -1.86. The van der Waals surface area contributed by atoms with E-state index in [2.05, 4.69) is 40.7 Å². The van der Waals surface area contributed by atoms with Gasteiger partial charge in [-0.2, -0.15) is 0 Å². The van der Waals surface area contributed by atoms with Crippen LogP contribution < -0.4 is 0 Å². The highest BCUT2D eigenvalue weighted by Gasteiger charge is 2.72. The van der Waals surface area contributed by atoms with Crippen LogP contribution in [0.2, 0.25) is 0 Å². The first-order valence-corrected chi connectivity index (χ1v) is 30.6. The van der Waals surface area contributed by atoms with Crippen LogP contribution in [-0.4, -0.2) is 262 Å². The third kappa shape index (κ3) is 10.8. The molecule has 5 heterocycles. The maximum atomic E-state index is 15.4. The fourth-order valence-corrected chi connectivity index (χ4v) is 17.6. The van der Waals surface area contributed by atoms with Crippen molar-refractivity contribution in [3.05, 3.63) is 11.6 Å². The number of rotatable bonds is 12. The molecule has 10 aliphatic rings. The lowest BCUT2D eigenvalue weighted by atomic mass is 9.33. The zero-order valence-electron chi connectivity index (χ0n) is 50.0. The number of aliphatic hydroxyl groups excluding tert-OH is 15. The summed E-state index contributed by atoms with van der Waals surface area (Å²) in [5.74, 6) is -1.37. The average Bonchev–Trinajstić information content (AvgIpc) is 0.700. The molecule has 10 rings (SSSR count). The number of aliphatic hydroxyl groups is 15. The molecule has 5 aliphatic carbocycles. The largest absolute Gasteiger partial charge is 0.432 e. The minimum Gasteiger partial charge on any atom is -0.432 e. The molecule has 9 fully saturated rings. The maximum absolute atomic E-state index is 15.4. The molecule has 5 aliphatic heterocycles. The van der Waals surface area contributed by atoms with Crippen LogP contribution in [0, 0.1) is 50.2 Å². The summed E-state index contributed by atoms with van der Waals surface area (Å²) in [5, 5.41) is 164. The Hall–Kier alpha value is -1.75. The average molecular weight is 1220 g/mol. The van der Waals surface area contributed by atoms with Gasteiger partial charge in [-0.3, -0.25) is 4.79 Å². The summed E-state index contributed by atoms with van der Waals surface area (Å²) < 4.78 is 61.2. The van der Waals surface area contributed by atoms with Crippen molar-refractivity contribution in [2.24, 2.45) is 50.2 Å². The molecule has 26 heteroatoms. The number of carbonyl (C=O) groups is 1. The van der Waals surface area contributed by atoms with E-state index < -0.39 is 206 Å². The molecule has 0 aromatic heterocycles. The van der Waals surface area contributed by atoms with Crippen molar-refractivity contribution < 1.29 is 129 Å². The lowest BCUT2D eigenvalue weighted by Crippen LogP contribution is -2.68.